The second kappa shape index (κ2) is 7.36. The van der Waals surface area contributed by atoms with Gasteiger partial charge < -0.3 is 15.6 Å². The van der Waals surface area contributed by atoms with Gasteiger partial charge in [-0.1, -0.05) is 61.8 Å². The zero-order valence-corrected chi connectivity index (χ0v) is 16.0. The monoisotopic (exact) mass is 385 g/mol. The first kappa shape index (κ1) is 18.8. The summed E-state index contributed by atoms with van der Waals surface area (Å²) in [6.07, 6.45) is 1.77. The van der Waals surface area contributed by atoms with Gasteiger partial charge in [-0.2, -0.15) is 0 Å². The van der Waals surface area contributed by atoms with Crippen LogP contribution >= 0.6 is 11.6 Å². The van der Waals surface area contributed by atoms with Gasteiger partial charge in [0.15, 0.2) is 16.8 Å². The van der Waals surface area contributed by atoms with Crippen molar-refractivity contribution in [3.8, 4) is 11.3 Å². The van der Waals surface area contributed by atoms with E-state index in [4.69, 9.17) is 21.9 Å². The van der Waals surface area contributed by atoms with Crippen molar-refractivity contribution in [1.29, 1.82) is 0 Å². The van der Waals surface area contributed by atoms with Crippen LogP contribution in [-0.4, -0.2) is 21.0 Å². The van der Waals surface area contributed by atoms with E-state index in [2.05, 4.69) is 20.4 Å². The molecular weight excluding hydrogens is 366 g/mol. The lowest BCUT2D eigenvalue weighted by Crippen LogP contribution is -2.14. The Balaban J connectivity index is 1.64. The van der Waals surface area contributed by atoms with E-state index >= 15 is 0 Å². The van der Waals surface area contributed by atoms with Crippen molar-refractivity contribution in [3.63, 3.8) is 0 Å². The summed E-state index contributed by atoms with van der Waals surface area (Å²) >= 11 is 5.91. The van der Waals surface area contributed by atoms with Gasteiger partial charge in [0.05, 0.1) is 18.3 Å². The molecule has 2 heterocycles. The molecule has 0 radical (unpaired) electrons. The van der Waals surface area contributed by atoms with Gasteiger partial charge in [-0.15, -0.1) is 0 Å². The number of hydrogen-bond acceptors (Lipinski definition) is 6. The number of anilines is 2. The number of carbonyl (C=O) groups excluding carboxylic acids is 1. The van der Waals surface area contributed by atoms with E-state index in [1.54, 1.807) is 12.3 Å². The minimum atomic E-state index is -0.174. The number of hydrogen-bond donors (Lipinski definition) is 2. The Hall–Kier alpha value is -2.93. The molecule has 0 fully saturated rings. The molecule has 0 aliphatic rings. The first-order valence-electron chi connectivity index (χ1n) is 8.37. The molecule has 0 atom stereocenters. The summed E-state index contributed by atoms with van der Waals surface area (Å²) in [5.41, 5.74) is 7.70. The van der Waals surface area contributed by atoms with E-state index in [9.17, 15) is 4.79 Å². The normalized spacial score (nSPS) is 11.4. The number of nitrogens with zero attached hydrogens (tertiary/aromatic N) is 3. The van der Waals surface area contributed by atoms with Crippen LogP contribution < -0.4 is 11.1 Å². The highest BCUT2D eigenvalue weighted by atomic mass is 35.5. The van der Waals surface area contributed by atoms with E-state index < -0.39 is 0 Å². The van der Waals surface area contributed by atoms with Crippen molar-refractivity contribution < 1.29 is 9.32 Å². The van der Waals surface area contributed by atoms with E-state index in [0.717, 1.165) is 11.1 Å². The highest BCUT2D eigenvalue weighted by Gasteiger charge is 2.20. The van der Waals surface area contributed by atoms with Crippen LogP contribution in [0.5, 0.6) is 0 Å². The van der Waals surface area contributed by atoms with Crippen LogP contribution in [0, 0.1) is 0 Å². The van der Waals surface area contributed by atoms with Crippen LogP contribution in [-0.2, 0) is 16.6 Å². The number of nitrogens with one attached hydrogen (secondary N) is 1. The van der Waals surface area contributed by atoms with Crippen molar-refractivity contribution in [2.24, 2.45) is 0 Å². The second-order valence-corrected chi connectivity index (χ2v) is 7.54. The Morgan fingerprint density at radius 2 is 1.96 bits per heavy atom. The quantitative estimate of drug-likeness (QED) is 0.706. The smallest absolute Gasteiger partial charge is 0.230 e. The molecule has 3 rings (SSSR count). The van der Waals surface area contributed by atoms with Crippen molar-refractivity contribution in [1.82, 2.24) is 15.1 Å². The predicted molar refractivity (Wildman–Crippen MR) is 104 cm³/mol. The maximum absolute atomic E-state index is 12.2. The number of halogens is 1. The Morgan fingerprint density at radius 1 is 1.26 bits per heavy atom. The average molecular weight is 386 g/mol. The standard InChI is InChI=1S/C19H20ClN5O2/c1-19(2,3)14-9-15(25-27-14)24-16(26)8-11-4-6-12(7-5-11)13-10-22-18(21)17(20)23-13/h4-7,9-10H,8H2,1-3H3,(H2,21,22)(H,24,25,26). The zero-order chi connectivity index (χ0) is 19.6. The predicted octanol–water partition coefficient (Wildman–Crippen LogP) is 3.85. The molecule has 0 spiro atoms. The number of benzene rings is 1. The molecule has 3 N–H and O–H groups in total. The fourth-order valence-corrected chi connectivity index (χ4v) is 2.51. The molecule has 0 bridgehead atoms. The van der Waals surface area contributed by atoms with Crippen LogP contribution in [0.3, 0.4) is 0 Å². The molecule has 8 heteroatoms. The maximum Gasteiger partial charge on any atom is 0.230 e. The highest BCUT2D eigenvalue weighted by Crippen LogP contribution is 2.25. The third kappa shape index (κ3) is 4.62. The third-order valence-electron chi connectivity index (χ3n) is 3.89. The zero-order valence-electron chi connectivity index (χ0n) is 15.3. The molecule has 140 valence electrons. The SMILES string of the molecule is CC(C)(C)c1cc(NC(=O)Cc2ccc(-c3cnc(N)c(Cl)n3)cc2)no1. The number of nitrogen functional groups attached to an aromatic ring is 1. The summed E-state index contributed by atoms with van der Waals surface area (Å²) in [5.74, 6) is 1.14. The van der Waals surface area contributed by atoms with Gasteiger partial charge in [0.25, 0.3) is 0 Å². The van der Waals surface area contributed by atoms with E-state index in [1.165, 1.54) is 0 Å². The van der Waals surface area contributed by atoms with Crippen LogP contribution in [0.1, 0.15) is 32.1 Å². The topological polar surface area (TPSA) is 107 Å². The van der Waals surface area contributed by atoms with Crippen LogP contribution in [0.15, 0.2) is 41.1 Å². The summed E-state index contributed by atoms with van der Waals surface area (Å²) in [7, 11) is 0. The lowest BCUT2D eigenvalue weighted by molar-refractivity contribution is -0.115. The number of amides is 1. The van der Waals surface area contributed by atoms with Crippen LogP contribution in [0.25, 0.3) is 11.3 Å². The van der Waals surface area contributed by atoms with Gasteiger partial charge in [0.2, 0.25) is 5.91 Å². The Labute approximate surface area is 161 Å². The molecule has 3 aromatic rings. The van der Waals surface area contributed by atoms with Crippen LogP contribution in [0.2, 0.25) is 5.15 Å². The van der Waals surface area contributed by atoms with Crippen LogP contribution in [0.4, 0.5) is 11.6 Å². The van der Waals surface area contributed by atoms with Gasteiger partial charge in [0.1, 0.15) is 5.76 Å². The van der Waals surface area contributed by atoms with E-state index in [0.29, 0.717) is 17.3 Å². The number of nitrogens with two attached hydrogens (primary N) is 1. The minimum absolute atomic E-state index is 0.165. The molecule has 0 unspecified atom stereocenters. The summed E-state index contributed by atoms with van der Waals surface area (Å²) in [4.78, 5) is 20.4. The van der Waals surface area contributed by atoms with E-state index in [-0.39, 0.29) is 28.7 Å². The van der Waals surface area contributed by atoms with Gasteiger partial charge in [0, 0.05) is 17.0 Å². The Kier molecular flexibility index (Phi) is 5.14. The first-order valence-corrected chi connectivity index (χ1v) is 8.74. The summed E-state index contributed by atoms with van der Waals surface area (Å²) in [5, 5.41) is 6.80. The van der Waals surface area contributed by atoms with Crippen molar-refractivity contribution >= 4 is 29.1 Å². The highest BCUT2D eigenvalue weighted by molar-refractivity contribution is 6.31. The average Bonchev–Trinajstić information content (AvgIpc) is 3.07. The van der Waals surface area contributed by atoms with Gasteiger partial charge >= 0.3 is 0 Å². The van der Waals surface area contributed by atoms with Crippen molar-refractivity contribution in [2.45, 2.75) is 32.6 Å². The van der Waals surface area contributed by atoms with Gasteiger partial charge in [-0.05, 0) is 5.56 Å². The Morgan fingerprint density at radius 3 is 2.56 bits per heavy atom. The molecular formula is C19H20ClN5O2. The van der Waals surface area contributed by atoms with Gasteiger partial charge in [-0.25, -0.2) is 9.97 Å². The number of carbonyl (C=O) groups is 1. The maximum atomic E-state index is 12.2. The van der Waals surface area contributed by atoms with Gasteiger partial charge in [-0.3, -0.25) is 4.79 Å². The number of rotatable bonds is 4. The third-order valence-corrected chi connectivity index (χ3v) is 4.17. The molecule has 0 saturated carbocycles. The summed E-state index contributed by atoms with van der Waals surface area (Å²) in [6.45, 7) is 6.04. The van der Waals surface area contributed by atoms with E-state index in [1.807, 2.05) is 45.0 Å². The molecule has 27 heavy (non-hydrogen) atoms. The fourth-order valence-electron chi connectivity index (χ4n) is 2.37. The lowest BCUT2D eigenvalue weighted by Gasteiger charge is -2.12. The molecule has 0 aliphatic carbocycles. The molecule has 1 amide bonds. The first-order chi connectivity index (χ1) is 12.7. The Bertz CT molecular complexity index is 961. The largest absolute Gasteiger partial charge is 0.381 e. The molecule has 1 aromatic carbocycles. The summed E-state index contributed by atoms with van der Waals surface area (Å²) in [6, 6.07) is 9.15. The minimum Gasteiger partial charge on any atom is -0.381 e. The number of aromatic nitrogens is 3. The second-order valence-electron chi connectivity index (χ2n) is 7.18. The summed E-state index contributed by atoms with van der Waals surface area (Å²) < 4.78 is 5.27. The molecule has 0 saturated heterocycles. The lowest BCUT2D eigenvalue weighted by atomic mass is 9.93. The van der Waals surface area contributed by atoms with Crippen molar-refractivity contribution in [2.75, 3.05) is 11.1 Å². The molecule has 0 aliphatic heterocycles. The van der Waals surface area contributed by atoms with Crippen molar-refractivity contribution in [3.05, 3.63) is 53.0 Å². The fraction of sp³-hybridized carbons (Fsp3) is 0.263. The molecule has 2 aromatic heterocycles. The molecule has 7 nitrogen and oxygen atoms in total.